The summed E-state index contributed by atoms with van der Waals surface area (Å²) in [6.45, 7) is 4.69. The minimum Gasteiger partial charge on any atom is -0.301 e. The molecule has 1 N–H and O–H groups in total. The molecule has 4 nitrogen and oxygen atoms in total. The molecule has 0 radical (unpaired) electrons. The molecule has 82 valence electrons. The van der Waals surface area contributed by atoms with Gasteiger partial charge in [-0.1, -0.05) is 13.0 Å². The second-order valence-electron chi connectivity index (χ2n) is 3.63. The Labute approximate surface area is 94.5 Å². The summed E-state index contributed by atoms with van der Waals surface area (Å²) in [5.74, 6) is 0. The van der Waals surface area contributed by atoms with Crippen molar-refractivity contribution in [2.24, 2.45) is 0 Å². The summed E-state index contributed by atoms with van der Waals surface area (Å²) < 4.78 is 1.96. The lowest BCUT2D eigenvalue weighted by atomic mass is 10.2. The van der Waals surface area contributed by atoms with Crippen molar-refractivity contribution < 1.29 is 0 Å². The van der Waals surface area contributed by atoms with Crippen molar-refractivity contribution in [1.29, 1.82) is 5.26 Å². The fourth-order valence-corrected chi connectivity index (χ4v) is 1.89. The van der Waals surface area contributed by atoms with Gasteiger partial charge in [0.05, 0.1) is 17.5 Å². The number of nitriles is 1. The maximum absolute atomic E-state index is 9.16. The van der Waals surface area contributed by atoms with Gasteiger partial charge in [-0.15, -0.1) is 0 Å². The van der Waals surface area contributed by atoms with Gasteiger partial charge in [0.25, 0.3) is 0 Å². The average molecular weight is 214 g/mol. The smallest absolute Gasteiger partial charge is 0.138 e. The molecule has 0 aliphatic rings. The number of nitrogens with one attached hydrogen (secondary N) is 1. The van der Waals surface area contributed by atoms with E-state index in [1.54, 1.807) is 0 Å². The monoisotopic (exact) mass is 214 g/mol. The van der Waals surface area contributed by atoms with E-state index in [0.717, 1.165) is 23.6 Å². The quantitative estimate of drug-likeness (QED) is 0.847. The van der Waals surface area contributed by atoms with E-state index in [1.165, 1.54) is 0 Å². The number of hydrogen-bond acceptors (Lipinski definition) is 3. The van der Waals surface area contributed by atoms with E-state index in [2.05, 4.69) is 16.4 Å². The van der Waals surface area contributed by atoms with Crippen LogP contribution in [0.4, 0.5) is 0 Å². The second kappa shape index (κ2) is 4.33. The molecular weight excluding hydrogens is 200 g/mol. The molecule has 0 aliphatic heterocycles. The Morgan fingerprint density at radius 2 is 2.38 bits per heavy atom. The lowest BCUT2D eigenvalue weighted by Crippen LogP contribution is -2.21. The van der Waals surface area contributed by atoms with Gasteiger partial charge in [-0.05, 0) is 25.6 Å². The minimum absolute atomic E-state index is 0.303. The van der Waals surface area contributed by atoms with Crippen LogP contribution < -0.4 is 5.32 Å². The van der Waals surface area contributed by atoms with Crippen LogP contribution in [0.2, 0.25) is 0 Å². The Bertz CT molecular complexity index is 535. The van der Waals surface area contributed by atoms with E-state index >= 15 is 0 Å². The van der Waals surface area contributed by atoms with Crippen LogP contribution in [-0.2, 0) is 0 Å². The first kappa shape index (κ1) is 10.7. The van der Waals surface area contributed by atoms with Crippen LogP contribution in [0.3, 0.4) is 0 Å². The van der Waals surface area contributed by atoms with E-state index in [-0.39, 0.29) is 6.04 Å². The predicted octanol–water partition coefficient (Wildman–Crippen LogP) is 1.82. The fraction of sp³-hybridized carbons (Fsp3) is 0.333. The van der Waals surface area contributed by atoms with E-state index in [1.807, 2.05) is 42.6 Å². The standard InChI is InChI=1S/C12H14N4/c1-3-14-10(8-13)12-9(2)15-11-6-4-5-7-16(11)12/h4-7,10,14H,3H2,1-2H3. The first-order chi connectivity index (χ1) is 7.77. The van der Waals surface area contributed by atoms with E-state index in [9.17, 15) is 0 Å². The molecule has 2 aromatic rings. The molecule has 0 aliphatic carbocycles. The Morgan fingerprint density at radius 3 is 3.06 bits per heavy atom. The van der Waals surface area contributed by atoms with Crippen molar-refractivity contribution in [2.45, 2.75) is 19.9 Å². The molecule has 2 heterocycles. The van der Waals surface area contributed by atoms with Gasteiger partial charge in [0.15, 0.2) is 0 Å². The van der Waals surface area contributed by atoms with Crippen LogP contribution in [0, 0.1) is 18.3 Å². The summed E-state index contributed by atoms with van der Waals surface area (Å²) in [5, 5.41) is 12.3. The molecule has 0 spiro atoms. The summed E-state index contributed by atoms with van der Waals surface area (Å²) in [6.07, 6.45) is 1.94. The number of aromatic nitrogens is 2. The molecule has 0 bridgehead atoms. The van der Waals surface area contributed by atoms with Gasteiger partial charge in [-0.2, -0.15) is 5.26 Å². The van der Waals surface area contributed by atoms with E-state index in [4.69, 9.17) is 5.26 Å². The zero-order chi connectivity index (χ0) is 11.5. The molecule has 16 heavy (non-hydrogen) atoms. The predicted molar refractivity (Wildman–Crippen MR) is 62.0 cm³/mol. The summed E-state index contributed by atoms with van der Waals surface area (Å²) >= 11 is 0. The summed E-state index contributed by atoms with van der Waals surface area (Å²) in [6, 6.07) is 7.79. The third-order valence-corrected chi connectivity index (χ3v) is 2.56. The van der Waals surface area contributed by atoms with Crippen LogP contribution in [0.15, 0.2) is 24.4 Å². The average Bonchev–Trinajstić information content (AvgIpc) is 2.62. The topological polar surface area (TPSA) is 53.1 Å². The van der Waals surface area contributed by atoms with Gasteiger partial charge in [-0.3, -0.25) is 5.32 Å². The number of hydrogen-bond donors (Lipinski definition) is 1. The Kier molecular flexibility index (Phi) is 2.88. The van der Waals surface area contributed by atoms with Gasteiger partial charge in [0.2, 0.25) is 0 Å². The first-order valence-electron chi connectivity index (χ1n) is 5.34. The first-order valence-corrected chi connectivity index (χ1v) is 5.34. The fourth-order valence-electron chi connectivity index (χ4n) is 1.89. The lowest BCUT2D eigenvalue weighted by molar-refractivity contribution is 0.634. The van der Waals surface area contributed by atoms with Crippen molar-refractivity contribution in [3.05, 3.63) is 35.8 Å². The van der Waals surface area contributed by atoms with Crippen LogP contribution in [0.1, 0.15) is 24.4 Å². The SMILES string of the molecule is CCNC(C#N)c1c(C)nc2ccccn12. The van der Waals surface area contributed by atoms with Crippen molar-refractivity contribution in [3.8, 4) is 6.07 Å². The highest BCUT2D eigenvalue weighted by Gasteiger charge is 2.17. The van der Waals surface area contributed by atoms with Gasteiger partial charge < -0.3 is 4.40 Å². The third kappa shape index (κ3) is 1.66. The van der Waals surface area contributed by atoms with Gasteiger partial charge in [-0.25, -0.2) is 4.98 Å². The van der Waals surface area contributed by atoms with Gasteiger partial charge >= 0.3 is 0 Å². The molecule has 4 heteroatoms. The number of pyridine rings is 1. The maximum Gasteiger partial charge on any atom is 0.138 e. The number of fused-ring (bicyclic) bond motifs is 1. The maximum atomic E-state index is 9.16. The second-order valence-corrected chi connectivity index (χ2v) is 3.63. The Balaban J connectivity index is 2.58. The molecule has 0 amide bonds. The molecule has 0 saturated heterocycles. The number of nitrogens with zero attached hydrogens (tertiary/aromatic N) is 3. The molecule has 0 saturated carbocycles. The molecule has 1 atom stereocenters. The highest BCUT2D eigenvalue weighted by Crippen LogP contribution is 2.18. The summed E-state index contributed by atoms with van der Waals surface area (Å²) in [7, 11) is 0. The minimum atomic E-state index is -0.303. The van der Waals surface area contributed by atoms with Crippen molar-refractivity contribution in [3.63, 3.8) is 0 Å². The zero-order valence-corrected chi connectivity index (χ0v) is 9.44. The number of aryl methyl sites for hydroxylation is 1. The Morgan fingerprint density at radius 1 is 1.56 bits per heavy atom. The molecule has 1 unspecified atom stereocenters. The van der Waals surface area contributed by atoms with Crippen LogP contribution >= 0.6 is 0 Å². The normalized spacial score (nSPS) is 12.6. The lowest BCUT2D eigenvalue weighted by Gasteiger charge is -2.10. The van der Waals surface area contributed by atoms with Gasteiger partial charge in [0, 0.05) is 6.20 Å². The third-order valence-electron chi connectivity index (χ3n) is 2.56. The van der Waals surface area contributed by atoms with E-state index < -0.39 is 0 Å². The summed E-state index contributed by atoms with van der Waals surface area (Å²) in [5.41, 5.74) is 2.71. The highest BCUT2D eigenvalue weighted by molar-refractivity contribution is 5.44. The van der Waals surface area contributed by atoms with Crippen LogP contribution in [0.25, 0.3) is 5.65 Å². The highest BCUT2D eigenvalue weighted by atomic mass is 15.1. The molecule has 0 aromatic carbocycles. The Hall–Kier alpha value is -1.86. The summed E-state index contributed by atoms with van der Waals surface area (Å²) in [4.78, 5) is 4.44. The van der Waals surface area contributed by atoms with Crippen molar-refractivity contribution in [2.75, 3.05) is 6.54 Å². The number of rotatable bonds is 3. The van der Waals surface area contributed by atoms with Crippen molar-refractivity contribution >= 4 is 5.65 Å². The molecule has 2 aromatic heterocycles. The largest absolute Gasteiger partial charge is 0.301 e. The number of imidazole rings is 1. The molecular formula is C12H14N4. The van der Waals surface area contributed by atoms with Crippen molar-refractivity contribution in [1.82, 2.24) is 14.7 Å². The van der Waals surface area contributed by atoms with E-state index in [0.29, 0.717) is 0 Å². The zero-order valence-electron chi connectivity index (χ0n) is 9.44. The molecule has 2 rings (SSSR count). The van der Waals surface area contributed by atoms with Crippen LogP contribution in [0.5, 0.6) is 0 Å². The van der Waals surface area contributed by atoms with Crippen LogP contribution in [-0.4, -0.2) is 15.9 Å². The molecule has 0 fully saturated rings. The van der Waals surface area contributed by atoms with Gasteiger partial charge in [0.1, 0.15) is 11.7 Å².